The molecule has 2 atom stereocenters. The quantitative estimate of drug-likeness (QED) is 0.312. The molecule has 4 aromatic heterocycles. The van der Waals surface area contributed by atoms with Crippen LogP contribution < -0.4 is 15.0 Å². The van der Waals surface area contributed by atoms with Gasteiger partial charge in [0.2, 0.25) is 0 Å². The molecule has 2 unspecified atom stereocenters. The highest BCUT2D eigenvalue weighted by Gasteiger charge is 2.34. The Hall–Kier alpha value is -3.53. The number of rotatable bonds is 3. The van der Waals surface area contributed by atoms with Gasteiger partial charge in [0.15, 0.2) is 0 Å². The molecular weight excluding hydrogens is 506 g/mol. The summed E-state index contributed by atoms with van der Waals surface area (Å²) in [5.74, 6) is 0.938. The molecule has 6 heterocycles. The summed E-state index contributed by atoms with van der Waals surface area (Å²) in [5.41, 5.74) is 2.80. The number of aromatic amines is 1. The van der Waals surface area contributed by atoms with Crippen molar-refractivity contribution in [2.24, 2.45) is 0 Å². The van der Waals surface area contributed by atoms with Crippen molar-refractivity contribution >= 4 is 70.7 Å². The molecule has 2 saturated heterocycles. The fourth-order valence-electron chi connectivity index (χ4n) is 6.10. The number of piperazine rings is 1. The van der Waals surface area contributed by atoms with E-state index in [1.54, 1.807) is 18.4 Å². The highest BCUT2D eigenvalue weighted by Crippen LogP contribution is 2.46. The van der Waals surface area contributed by atoms with Crippen molar-refractivity contribution in [2.75, 3.05) is 25.1 Å². The van der Waals surface area contributed by atoms with Crippen molar-refractivity contribution in [3.05, 3.63) is 47.7 Å². The van der Waals surface area contributed by atoms with Gasteiger partial charge in [0.05, 0.1) is 34.6 Å². The summed E-state index contributed by atoms with van der Waals surface area (Å²) in [6.07, 6.45) is 6.13. The molecule has 8 nitrogen and oxygen atoms in total. The lowest BCUT2D eigenvalue weighted by Gasteiger charge is -2.34. The maximum atomic E-state index is 6.80. The van der Waals surface area contributed by atoms with Crippen LogP contribution in [0.1, 0.15) is 12.8 Å². The van der Waals surface area contributed by atoms with Crippen molar-refractivity contribution in [1.29, 1.82) is 0 Å². The Balaban J connectivity index is 1.45. The number of aromatic nitrogens is 5. The Kier molecular flexibility index (Phi) is 4.65. The molecule has 10 heteroatoms. The Morgan fingerprint density at radius 3 is 2.78 bits per heavy atom. The summed E-state index contributed by atoms with van der Waals surface area (Å²) in [4.78, 5) is 17.9. The number of thiophene rings is 1. The zero-order chi connectivity index (χ0) is 24.7. The minimum atomic E-state index is 0.389. The van der Waals surface area contributed by atoms with Crippen molar-refractivity contribution in [1.82, 2.24) is 30.5 Å². The maximum Gasteiger partial charge on any atom is 0.319 e. The molecular formula is C27H22ClN7OS. The second-order valence-electron chi connectivity index (χ2n) is 9.82. The molecule has 6 aromatic rings. The van der Waals surface area contributed by atoms with Crippen LogP contribution in [0, 0.1) is 0 Å². The molecule has 0 radical (unpaired) electrons. The number of nitrogens with one attached hydrogen (secondary N) is 2. The molecule has 8 rings (SSSR count). The minimum Gasteiger partial charge on any atom is -0.467 e. The normalized spacial score (nSPS) is 19.6. The zero-order valence-corrected chi connectivity index (χ0v) is 21.5. The lowest BCUT2D eigenvalue weighted by atomic mass is 9.97. The predicted octanol–water partition coefficient (Wildman–Crippen LogP) is 5.54. The van der Waals surface area contributed by atoms with Gasteiger partial charge in [-0.1, -0.05) is 23.7 Å². The third kappa shape index (κ3) is 3.17. The number of benzene rings is 2. The standard InChI is InChI=1S/C27H22ClN7OS/c1-36-27-32-25(35-11-14-5-6-15(12-35)31-14)22-16-7-8-29-23(24(16)37-26(22)33-27)21-17-10-30-34-19(17)9-13-3-2-4-18(28)20(13)21/h2-4,7-10,14-15,31H,5-6,11-12H2,1H3,(H,30,34). The van der Waals surface area contributed by atoms with Gasteiger partial charge >= 0.3 is 6.01 Å². The highest BCUT2D eigenvalue weighted by molar-refractivity contribution is 7.26. The van der Waals surface area contributed by atoms with Crippen LogP contribution in [0.4, 0.5) is 5.82 Å². The largest absolute Gasteiger partial charge is 0.467 e. The predicted molar refractivity (Wildman–Crippen MR) is 149 cm³/mol. The van der Waals surface area contributed by atoms with Crippen LogP contribution in [0.2, 0.25) is 5.02 Å². The first kappa shape index (κ1) is 21.5. The van der Waals surface area contributed by atoms with Gasteiger partial charge in [-0.15, -0.1) is 11.3 Å². The average Bonchev–Trinajstić information content (AvgIpc) is 3.63. The molecule has 37 heavy (non-hydrogen) atoms. The van der Waals surface area contributed by atoms with Gasteiger partial charge in [-0.05, 0) is 36.4 Å². The van der Waals surface area contributed by atoms with E-state index in [0.29, 0.717) is 23.1 Å². The molecule has 0 saturated carbocycles. The van der Waals surface area contributed by atoms with Crippen molar-refractivity contribution < 1.29 is 4.74 Å². The SMILES string of the molecule is COc1nc(N2CC3CCC(C2)N3)c2c(n1)sc1c(-c3c4cn[nH]c4cc4cccc(Cl)c34)nccc12. The van der Waals surface area contributed by atoms with E-state index in [-0.39, 0.29) is 0 Å². The zero-order valence-electron chi connectivity index (χ0n) is 20.0. The van der Waals surface area contributed by atoms with Crippen LogP contribution in [0.25, 0.3) is 53.2 Å². The number of hydrogen-bond acceptors (Lipinski definition) is 8. The first-order valence-corrected chi connectivity index (χ1v) is 13.6. The average molecular weight is 528 g/mol. The number of nitrogens with zero attached hydrogens (tertiary/aromatic N) is 5. The fourth-order valence-corrected chi connectivity index (χ4v) is 7.53. The van der Waals surface area contributed by atoms with E-state index in [9.17, 15) is 0 Å². The van der Waals surface area contributed by atoms with Gasteiger partial charge in [0, 0.05) is 58.1 Å². The molecule has 2 bridgehead atoms. The lowest BCUT2D eigenvalue weighted by molar-refractivity contribution is 0.380. The number of H-pyrrole nitrogens is 1. The third-order valence-corrected chi connectivity index (χ3v) is 9.10. The molecule has 2 fully saturated rings. The van der Waals surface area contributed by atoms with Crippen molar-refractivity contribution in [3.8, 4) is 17.3 Å². The van der Waals surface area contributed by atoms with Crippen LogP contribution in [-0.2, 0) is 0 Å². The van der Waals surface area contributed by atoms with Crippen LogP contribution in [0.3, 0.4) is 0 Å². The molecule has 2 aromatic carbocycles. The Labute approximate surface area is 220 Å². The number of fused-ring (bicyclic) bond motifs is 7. The van der Waals surface area contributed by atoms with Gasteiger partial charge in [0.1, 0.15) is 10.6 Å². The fraction of sp³-hybridized carbons (Fsp3) is 0.259. The van der Waals surface area contributed by atoms with Crippen LogP contribution in [0.15, 0.2) is 42.7 Å². The van der Waals surface area contributed by atoms with E-state index in [4.69, 9.17) is 31.3 Å². The van der Waals surface area contributed by atoms with Gasteiger partial charge in [-0.25, -0.2) is 0 Å². The van der Waals surface area contributed by atoms with E-state index in [2.05, 4.69) is 38.6 Å². The summed E-state index contributed by atoms with van der Waals surface area (Å²) in [5, 5.41) is 17.0. The number of methoxy groups -OCH3 is 1. The summed E-state index contributed by atoms with van der Waals surface area (Å²) in [6, 6.07) is 11.5. The third-order valence-electron chi connectivity index (χ3n) is 7.68. The molecule has 2 aliphatic heterocycles. The first-order valence-electron chi connectivity index (χ1n) is 12.4. The van der Waals surface area contributed by atoms with Crippen molar-refractivity contribution in [2.45, 2.75) is 24.9 Å². The smallest absolute Gasteiger partial charge is 0.319 e. The van der Waals surface area contributed by atoms with E-state index in [1.807, 2.05) is 24.5 Å². The van der Waals surface area contributed by atoms with Gasteiger partial charge in [-0.2, -0.15) is 15.1 Å². The minimum absolute atomic E-state index is 0.389. The van der Waals surface area contributed by atoms with Gasteiger partial charge in [-0.3, -0.25) is 10.1 Å². The van der Waals surface area contributed by atoms with Crippen LogP contribution >= 0.6 is 22.9 Å². The van der Waals surface area contributed by atoms with Crippen LogP contribution in [-0.4, -0.2) is 57.4 Å². The second kappa shape index (κ2) is 7.98. The topological polar surface area (TPSA) is 91.9 Å². The number of halogens is 1. The van der Waals surface area contributed by atoms with E-state index >= 15 is 0 Å². The number of hydrogen-bond donors (Lipinski definition) is 2. The first-order chi connectivity index (χ1) is 18.2. The highest BCUT2D eigenvalue weighted by atomic mass is 35.5. The molecule has 2 aliphatic rings. The van der Waals surface area contributed by atoms with Crippen LogP contribution in [0.5, 0.6) is 6.01 Å². The molecule has 0 spiro atoms. The monoisotopic (exact) mass is 527 g/mol. The number of anilines is 1. The summed E-state index contributed by atoms with van der Waals surface area (Å²) in [6.45, 7) is 1.85. The van der Waals surface area contributed by atoms with E-state index in [1.165, 1.54) is 12.8 Å². The molecule has 2 N–H and O–H groups in total. The Morgan fingerprint density at radius 2 is 1.95 bits per heavy atom. The number of ether oxygens (including phenoxy) is 1. The summed E-state index contributed by atoms with van der Waals surface area (Å²) in [7, 11) is 1.63. The van der Waals surface area contributed by atoms with E-state index < -0.39 is 0 Å². The summed E-state index contributed by atoms with van der Waals surface area (Å²) < 4.78 is 6.60. The summed E-state index contributed by atoms with van der Waals surface area (Å²) >= 11 is 8.43. The van der Waals surface area contributed by atoms with Gasteiger partial charge < -0.3 is 15.0 Å². The van der Waals surface area contributed by atoms with Gasteiger partial charge in [0.25, 0.3) is 0 Å². The molecule has 0 amide bonds. The maximum absolute atomic E-state index is 6.80. The second-order valence-corrected chi connectivity index (χ2v) is 11.2. The lowest BCUT2D eigenvalue weighted by Crippen LogP contribution is -2.51. The molecule has 0 aliphatic carbocycles. The van der Waals surface area contributed by atoms with Crippen molar-refractivity contribution in [3.63, 3.8) is 0 Å². The number of pyridine rings is 1. The molecule has 184 valence electrons. The Morgan fingerprint density at radius 1 is 1.08 bits per heavy atom. The van der Waals surface area contributed by atoms with E-state index in [0.717, 1.165) is 72.1 Å². The Bertz CT molecular complexity index is 1850.